The van der Waals surface area contributed by atoms with Gasteiger partial charge in [0, 0.05) is 24.7 Å². The SMILES string of the molecule is CCNCc1ccc2ccn(Cc3nc(CC)no3)c2c1. The maximum atomic E-state index is 5.28. The molecule has 0 aliphatic rings. The summed E-state index contributed by atoms with van der Waals surface area (Å²) in [5, 5.41) is 8.52. The lowest BCUT2D eigenvalue weighted by molar-refractivity contribution is 0.368. The van der Waals surface area contributed by atoms with Crippen LogP contribution in [-0.4, -0.2) is 21.3 Å². The molecule has 0 bridgehead atoms. The monoisotopic (exact) mass is 284 g/mol. The van der Waals surface area contributed by atoms with Gasteiger partial charge in [0.2, 0.25) is 5.89 Å². The Bertz CT molecular complexity index is 729. The maximum absolute atomic E-state index is 5.28. The number of fused-ring (bicyclic) bond motifs is 1. The fourth-order valence-corrected chi connectivity index (χ4v) is 2.39. The minimum Gasteiger partial charge on any atom is -0.338 e. The summed E-state index contributed by atoms with van der Waals surface area (Å²) in [5.41, 5.74) is 2.48. The molecule has 0 fully saturated rings. The summed E-state index contributed by atoms with van der Waals surface area (Å²) in [7, 11) is 0. The number of nitrogens with zero attached hydrogens (tertiary/aromatic N) is 3. The lowest BCUT2D eigenvalue weighted by Crippen LogP contribution is -2.11. The van der Waals surface area contributed by atoms with Crippen LogP contribution in [0.4, 0.5) is 0 Å². The van der Waals surface area contributed by atoms with Crippen molar-refractivity contribution in [3.63, 3.8) is 0 Å². The Kier molecular flexibility index (Phi) is 4.01. The predicted octanol–water partition coefficient (Wildman–Crippen LogP) is 2.74. The summed E-state index contributed by atoms with van der Waals surface area (Å²) >= 11 is 0. The first-order valence-corrected chi connectivity index (χ1v) is 7.40. The number of hydrogen-bond donors (Lipinski definition) is 1. The molecule has 5 heteroatoms. The average molecular weight is 284 g/mol. The van der Waals surface area contributed by atoms with Gasteiger partial charge in [0.1, 0.15) is 6.54 Å². The summed E-state index contributed by atoms with van der Waals surface area (Å²) in [6.45, 7) is 6.61. The zero-order valence-electron chi connectivity index (χ0n) is 12.5. The van der Waals surface area contributed by atoms with E-state index in [0.717, 1.165) is 25.3 Å². The van der Waals surface area contributed by atoms with Crippen LogP contribution in [-0.2, 0) is 19.5 Å². The molecule has 3 aromatic rings. The number of hydrogen-bond acceptors (Lipinski definition) is 4. The van der Waals surface area contributed by atoms with E-state index >= 15 is 0 Å². The van der Waals surface area contributed by atoms with E-state index < -0.39 is 0 Å². The van der Waals surface area contributed by atoms with Gasteiger partial charge in [0.25, 0.3) is 0 Å². The summed E-state index contributed by atoms with van der Waals surface area (Å²) < 4.78 is 7.43. The van der Waals surface area contributed by atoms with Gasteiger partial charge in [-0.15, -0.1) is 0 Å². The van der Waals surface area contributed by atoms with Crippen LogP contribution < -0.4 is 5.32 Å². The number of rotatable bonds is 6. The zero-order chi connectivity index (χ0) is 14.7. The fourth-order valence-electron chi connectivity index (χ4n) is 2.39. The molecule has 1 N–H and O–H groups in total. The quantitative estimate of drug-likeness (QED) is 0.756. The zero-order valence-corrected chi connectivity index (χ0v) is 12.5. The Hall–Kier alpha value is -2.14. The van der Waals surface area contributed by atoms with Crippen LogP contribution in [0.1, 0.15) is 31.1 Å². The van der Waals surface area contributed by atoms with Crippen molar-refractivity contribution in [3.8, 4) is 0 Å². The molecule has 5 nitrogen and oxygen atoms in total. The van der Waals surface area contributed by atoms with Crippen molar-refractivity contribution in [1.29, 1.82) is 0 Å². The topological polar surface area (TPSA) is 55.9 Å². The lowest BCUT2D eigenvalue weighted by Gasteiger charge is -2.05. The van der Waals surface area contributed by atoms with Gasteiger partial charge in [-0.25, -0.2) is 0 Å². The van der Waals surface area contributed by atoms with E-state index in [-0.39, 0.29) is 0 Å². The molecule has 0 unspecified atom stereocenters. The van der Waals surface area contributed by atoms with E-state index in [1.807, 2.05) is 6.92 Å². The molecule has 0 aliphatic heterocycles. The first-order valence-electron chi connectivity index (χ1n) is 7.40. The van der Waals surface area contributed by atoms with E-state index in [9.17, 15) is 0 Å². The van der Waals surface area contributed by atoms with Crippen LogP contribution in [0.25, 0.3) is 10.9 Å². The summed E-state index contributed by atoms with van der Waals surface area (Å²) in [6, 6.07) is 8.65. The van der Waals surface area contributed by atoms with Gasteiger partial charge in [0.05, 0.1) is 0 Å². The van der Waals surface area contributed by atoms with Crippen LogP contribution in [0.3, 0.4) is 0 Å². The van der Waals surface area contributed by atoms with Crippen LogP contribution in [0.5, 0.6) is 0 Å². The molecule has 0 saturated heterocycles. The van der Waals surface area contributed by atoms with Crippen molar-refractivity contribution in [3.05, 3.63) is 47.7 Å². The highest BCUT2D eigenvalue weighted by Crippen LogP contribution is 2.19. The van der Waals surface area contributed by atoms with E-state index in [2.05, 4.69) is 57.4 Å². The number of nitrogens with one attached hydrogen (secondary N) is 1. The van der Waals surface area contributed by atoms with Crippen molar-refractivity contribution in [2.75, 3.05) is 6.54 Å². The third-order valence-electron chi connectivity index (χ3n) is 3.55. The van der Waals surface area contributed by atoms with E-state index in [1.54, 1.807) is 0 Å². The number of benzene rings is 1. The molecule has 2 heterocycles. The standard InChI is InChI=1S/C16H20N4O/c1-3-15-18-16(21-19-15)11-20-8-7-13-6-5-12(9-14(13)20)10-17-4-2/h5-9,17H,3-4,10-11H2,1-2H3. The highest BCUT2D eigenvalue weighted by molar-refractivity contribution is 5.80. The lowest BCUT2D eigenvalue weighted by atomic mass is 10.1. The average Bonchev–Trinajstić information content (AvgIpc) is 3.12. The second-order valence-electron chi connectivity index (χ2n) is 5.08. The molecule has 0 saturated carbocycles. The second kappa shape index (κ2) is 6.10. The minimum atomic E-state index is 0.612. The Morgan fingerprint density at radius 2 is 2.14 bits per heavy atom. The molecule has 0 radical (unpaired) electrons. The maximum Gasteiger partial charge on any atom is 0.246 e. The first kappa shape index (κ1) is 13.8. The molecule has 0 atom stereocenters. The predicted molar refractivity (Wildman–Crippen MR) is 82.1 cm³/mol. The van der Waals surface area contributed by atoms with Crippen molar-refractivity contribution in [2.24, 2.45) is 0 Å². The first-order chi connectivity index (χ1) is 10.3. The number of aryl methyl sites for hydroxylation is 1. The molecule has 110 valence electrons. The van der Waals surface area contributed by atoms with Gasteiger partial charge in [-0.1, -0.05) is 31.1 Å². The van der Waals surface area contributed by atoms with Crippen molar-refractivity contribution in [1.82, 2.24) is 20.0 Å². The smallest absolute Gasteiger partial charge is 0.246 e. The van der Waals surface area contributed by atoms with E-state index in [1.165, 1.54) is 16.5 Å². The molecule has 1 aromatic carbocycles. The largest absolute Gasteiger partial charge is 0.338 e. The molecule has 0 spiro atoms. The third kappa shape index (κ3) is 2.97. The molecule has 3 rings (SSSR count). The molecular formula is C16H20N4O. The van der Waals surface area contributed by atoms with Crippen LogP contribution in [0, 0.1) is 0 Å². The van der Waals surface area contributed by atoms with Crippen molar-refractivity contribution in [2.45, 2.75) is 33.4 Å². The molecule has 2 aromatic heterocycles. The van der Waals surface area contributed by atoms with Crippen molar-refractivity contribution >= 4 is 10.9 Å². The normalized spacial score (nSPS) is 11.3. The Morgan fingerprint density at radius 1 is 1.24 bits per heavy atom. The Morgan fingerprint density at radius 3 is 2.90 bits per heavy atom. The highest BCUT2D eigenvalue weighted by Gasteiger charge is 2.08. The van der Waals surface area contributed by atoms with Gasteiger partial charge in [-0.3, -0.25) is 0 Å². The van der Waals surface area contributed by atoms with Gasteiger partial charge < -0.3 is 14.4 Å². The van der Waals surface area contributed by atoms with Gasteiger partial charge in [0.15, 0.2) is 5.82 Å². The second-order valence-corrected chi connectivity index (χ2v) is 5.08. The molecule has 0 aliphatic carbocycles. The Labute approximate surface area is 124 Å². The summed E-state index contributed by atoms with van der Waals surface area (Å²) in [5.74, 6) is 1.41. The van der Waals surface area contributed by atoms with Crippen LogP contribution in [0.2, 0.25) is 0 Å². The van der Waals surface area contributed by atoms with Gasteiger partial charge in [-0.2, -0.15) is 4.98 Å². The van der Waals surface area contributed by atoms with Gasteiger partial charge in [-0.05, 0) is 29.6 Å². The molecule has 21 heavy (non-hydrogen) atoms. The summed E-state index contributed by atoms with van der Waals surface area (Å²) in [4.78, 5) is 4.37. The van der Waals surface area contributed by atoms with Crippen molar-refractivity contribution < 1.29 is 4.52 Å². The Balaban J connectivity index is 1.87. The van der Waals surface area contributed by atoms with Gasteiger partial charge >= 0.3 is 0 Å². The highest BCUT2D eigenvalue weighted by atomic mass is 16.5. The summed E-state index contributed by atoms with van der Waals surface area (Å²) in [6.07, 6.45) is 2.86. The third-order valence-corrected chi connectivity index (χ3v) is 3.55. The van der Waals surface area contributed by atoms with Crippen LogP contribution in [0.15, 0.2) is 35.0 Å². The fraction of sp³-hybridized carbons (Fsp3) is 0.375. The number of aromatic nitrogens is 3. The van der Waals surface area contributed by atoms with E-state index in [0.29, 0.717) is 12.4 Å². The van der Waals surface area contributed by atoms with E-state index in [4.69, 9.17) is 4.52 Å². The minimum absolute atomic E-state index is 0.612. The molecule has 0 amide bonds. The van der Waals surface area contributed by atoms with Crippen LogP contribution >= 0.6 is 0 Å². The molecular weight excluding hydrogens is 264 g/mol.